The predicted molar refractivity (Wildman–Crippen MR) is 95.5 cm³/mol. The summed E-state index contributed by atoms with van der Waals surface area (Å²) in [7, 11) is 0. The van der Waals surface area contributed by atoms with Crippen LogP contribution in [0.15, 0.2) is 54.9 Å². The maximum Gasteiger partial charge on any atom is 0.276 e. The molecule has 3 rings (SSSR count). The summed E-state index contributed by atoms with van der Waals surface area (Å²) in [5, 5.41) is 9.78. The number of H-pyrrole nitrogens is 1. The molecule has 0 spiro atoms. The average molecular weight is 336 g/mol. The molecule has 0 aliphatic heterocycles. The van der Waals surface area contributed by atoms with Gasteiger partial charge in [-0.25, -0.2) is 0 Å². The third-order valence-corrected chi connectivity index (χ3v) is 3.63. The minimum Gasteiger partial charge on any atom is -0.489 e. The van der Waals surface area contributed by atoms with E-state index in [0.717, 1.165) is 24.1 Å². The summed E-state index contributed by atoms with van der Waals surface area (Å²) < 4.78 is 5.76. The molecule has 0 saturated carbocycles. The van der Waals surface area contributed by atoms with E-state index < -0.39 is 0 Å². The Bertz CT molecular complexity index is 830. The fourth-order valence-corrected chi connectivity index (χ4v) is 2.38. The molecule has 1 aromatic carbocycles. The summed E-state index contributed by atoms with van der Waals surface area (Å²) in [6.45, 7) is 2.53. The molecule has 0 bridgehead atoms. The SMILES string of the molecule is CCCc1cc(C(=O)Nc2cccc(OCc3ccncc3)c2)n[nH]1. The van der Waals surface area contributed by atoms with Crippen molar-refractivity contribution in [2.45, 2.75) is 26.4 Å². The fraction of sp³-hybridized carbons (Fsp3) is 0.211. The van der Waals surface area contributed by atoms with Gasteiger partial charge in [-0.1, -0.05) is 19.4 Å². The second-order valence-corrected chi connectivity index (χ2v) is 5.65. The van der Waals surface area contributed by atoms with Crippen LogP contribution in [0.4, 0.5) is 5.69 Å². The highest BCUT2D eigenvalue weighted by molar-refractivity contribution is 6.02. The zero-order valence-corrected chi connectivity index (χ0v) is 14.0. The first kappa shape index (κ1) is 16.7. The van der Waals surface area contributed by atoms with Crippen molar-refractivity contribution in [1.29, 1.82) is 0 Å². The van der Waals surface area contributed by atoms with Gasteiger partial charge in [0, 0.05) is 29.8 Å². The van der Waals surface area contributed by atoms with Crippen molar-refractivity contribution in [1.82, 2.24) is 15.2 Å². The highest BCUT2D eigenvalue weighted by atomic mass is 16.5. The molecule has 3 aromatic rings. The topological polar surface area (TPSA) is 79.9 Å². The highest BCUT2D eigenvalue weighted by Gasteiger charge is 2.11. The summed E-state index contributed by atoms with van der Waals surface area (Å²) >= 11 is 0. The monoisotopic (exact) mass is 336 g/mol. The number of pyridine rings is 1. The molecule has 0 saturated heterocycles. The third-order valence-electron chi connectivity index (χ3n) is 3.63. The van der Waals surface area contributed by atoms with Gasteiger partial charge in [-0.05, 0) is 42.3 Å². The minimum absolute atomic E-state index is 0.245. The fourth-order valence-electron chi connectivity index (χ4n) is 2.38. The molecule has 128 valence electrons. The Morgan fingerprint density at radius 2 is 2.04 bits per heavy atom. The van der Waals surface area contributed by atoms with Gasteiger partial charge >= 0.3 is 0 Å². The van der Waals surface area contributed by atoms with E-state index in [4.69, 9.17) is 4.74 Å². The number of ether oxygens (including phenoxy) is 1. The second-order valence-electron chi connectivity index (χ2n) is 5.65. The van der Waals surface area contributed by atoms with E-state index >= 15 is 0 Å². The van der Waals surface area contributed by atoms with Gasteiger partial charge in [0.15, 0.2) is 5.69 Å². The zero-order chi connectivity index (χ0) is 17.5. The molecule has 0 aliphatic rings. The number of hydrogen-bond acceptors (Lipinski definition) is 4. The van der Waals surface area contributed by atoms with E-state index in [2.05, 4.69) is 27.4 Å². The van der Waals surface area contributed by atoms with Crippen molar-refractivity contribution in [3.63, 3.8) is 0 Å². The molecular weight excluding hydrogens is 316 g/mol. The molecule has 0 atom stereocenters. The van der Waals surface area contributed by atoms with E-state index in [1.807, 2.05) is 30.3 Å². The van der Waals surface area contributed by atoms with Crippen LogP contribution >= 0.6 is 0 Å². The third kappa shape index (κ3) is 4.67. The normalized spacial score (nSPS) is 10.4. The van der Waals surface area contributed by atoms with E-state index in [1.54, 1.807) is 24.5 Å². The number of nitrogens with one attached hydrogen (secondary N) is 2. The average Bonchev–Trinajstić information content (AvgIpc) is 3.10. The second kappa shape index (κ2) is 8.10. The molecule has 0 unspecified atom stereocenters. The number of carbonyl (C=O) groups excluding carboxylic acids is 1. The largest absolute Gasteiger partial charge is 0.489 e. The van der Waals surface area contributed by atoms with Gasteiger partial charge in [0.25, 0.3) is 5.91 Å². The Kier molecular flexibility index (Phi) is 5.41. The summed E-state index contributed by atoms with van der Waals surface area (Å²) in [5.74, 6) is 0.438. The van der Waals surface area contributed by atoms with Gasteiger partial charge in [0.05, 0.1) is 0 Å². The summed E-state index contributed by atoms with van der Waals surface area (Å²) in [4.78, 5) is 16.3. The van der Waals surface area contributed by atoms with Crippen LogP contribution in [0.5, 0.6) is 5.75 Å². The van der Waals surface area contributed by atoms with Crippen LogP contribution in [0.25, 0.3) is 0 Å². The Morgan fingerprint density at radius 3 is 2.84 bits per heavy atom. The number of anilines is 1. The number of nitrogens with zero attached hydrogens (tertiary/aromatic N) is 2. The molecule has 2 N–H and O–H groups in total. The molecule has 6 heteroatoms. The van der Waals surface area contributed by atoms with Crippen LogP contribution in [0.1, 0.15) is 35.1 Å². The van der Waals surface area contributed by atoms with E-state index in [9.17, 15) is 4.79 Å². The van der Waals surface area contributed by atoms with E-state index in [0.29, 0.717) is 23.7 Å². The van der Waals surface area contributed by atoms with Crippen LogP contribution in [-0.4, -0.2) is 21.1 Å². The van der Waals surface area contributed by atoms with Crippen molar-refractivity contribution < 1.29 is 9.53 Å². The lowest BCUT2D eigenvalue weighted by Crippen LogP contribution is -2.12. The smallest absolute Gasteiger partial charge is 0.276 e. The van der Waals surface area contributed by atoms with Crippen molar-refractivity contribution in [3.05, 3.63) is 71.8 Å². The lowest BCUT2D eigenvalue weighted by atomic mass is 10.2. The van der Waals surface area contributed by atoms with Crippen LogP contribution < -0.4 is 10.1 Å². The first-order valence-electron chi connectivity index (χ1n) is 8.22. The van der Waals surface area contributed by atoms with Gasteiger partial charge in [0.2, 0.25) is 0 Å². The van der Waals surface area contributed by atoms with Gasteiger partial charge in [0.1, 0.15) is 12.4 Å². The first-order valence-corrected chi connectivity index (χ1v) is 8.22. The van der Waals surface area contributed by atoms with Crippen molar-refractivity contribution in [2.75, 3.05) is 5.32 Å². The van der Waals surface area contributed by atoms with Gasteiger partial charge < -0.3 is 10.1 Å². The van der Waals surface area contributed by atoms with Crippen molar-refractivity contribution >= 4 is 11.6 Å². The van der Waals surface area contributed by atoms with Gasteiger partial charge in [-0.3, -0.25) is 14.9 Å². The van der Waals surface area contributed by atoms with Crippen LogP contribution in [0.2, 0.25) is 0 Å². The molecular formula is C19H20N4O2. The number of rotatable bonds is 7. The Hall–Kier alpha value is -3.15. The number of aromatic nitrogens is 3. The maximum atomic E-state index is 12.3. The standard InChI is InChI=1S/C19H20N4O2/c1-2-4-16-12-18(23-22-16)19(24)21-15-5-3-6-17(11-15)25-13-14-7-9-20-10-8-14/h3,5-12H,2,4,13H2,1H3,(H,21,24)(H,22,23). The summed E-state index contributed by atoms with van der Waals surface area (Å²) in [5.41, 5.74) is 3.04. The molecule has 25 heavy (non-hydrogen) atoms. The van der Waals surface area contributed by atoms with Crippen LogP contribution in [0, 0.1) is 0 Å². The lowest BCUT2D eigenvalue weighted by Gasteiger charge is -2.08. The molecule has 2 aromatic heterocycles. The quantitative estimate of drug-likeness (QED) is 0.691. The molecule has 0 radical (unpaired) electrons. The summed E-state index contributed by atoms with van der Waals surface area (Å²) in [6, 6.07) is 12.9. The number of aromatic amines is 1. The number of hydrogen-bond donors (Lipinski definition) is 2. The van der Waals surface area contributed by atoms with Crippen molar-refractivity contribution in [3.8, 4) is 5.75 Å². The zero-order valence-electron chi connectivity index (χ0n) is 14.0. The number of aryl methyl sites for hydroxylation is 1. The molecule has 2 heterocycles. The number of benzene rings is 1. The van der Waals surface area contributed by atoms with Crippen LogP contribution in [0.3, 0.4) is 0 Å². The van der Waals surface area contributed by atoms with Crippen molar-refractivity contribution in [2.24, 2.45) is 0 Å². The Balaban J connectivity index is 1.61. The van der Waals surface area contributed by atoms with Gasteiger partial charge in [-0.15, -0.1) is 0 Å². The molecule has 0 aliphatic carbocycles. The molecule has 6 nitrogen and oxygen atoms in total. The molecule has 0 fully saturated rings. The minimum atomic E-state index is -0.245. The number of amides is 1. The number of carbonyl (C=O) groups is 1. The Labute approximate surface area is 146 Å². The van der Waals surface area contributed by atoms with Crippen LogP contribution in [-0.2, 0) is 13.0 Å². The highest BCUT2D eigenvalue weighted by Crippen LogP contribution is 2.19. The maximum absolute atomic E-state index is 12.3. The molecule has 1 amide bonds. The first-order chi connectivity index (χ1) is 12.2. The summed E-state index contributed by atoms with van der Waals surface area (Å²) in [6.07, 6.45) is 5.33. The van der Waals surface area contributed by atoms with E-state index in [1.165, 1.54) is 0 Å². The lowest BCUT2D eigenvalue weighted by molar-refractivity contribution is 0.102. The van der Waals surface area contributed by atoms with E-state index in [-0.39, 0.29) is 5.91 Å². The predicted octanol–water partition coefficient (Wildman–Crippen LogP) is 3.59. The van der Waals surface area contributed by atoms with Gasteiger partial charge in [-0.2, -0.15) is 5.10 Å². The Morgan fingerprint density at radius 1 is 1.20 bits per heavy atom.